The summed E-state index contributed by atoms with van der Waals surface area (Å²) in [6.07, 6.45) is 1.02. The molecule has 2 atom stereocenters. The van der Waals surface area contributed by atoms with Crippen LogP contribution in [0.4, 0.5) is 0 Å². The number of ether oxygens (including phenoxy) is 4. The summed E-state index contributed by atoms with van der Waals surface area (Å²) < 4.78 is 29.2. The lowest BCUT2D eigenvalue weighted by atomic mass is 9.87. The maximum Gasteiger partial charge on any atom is 0.264 e. The third-order valence-corrected chi connectivity index (χ3v) is 8.12. The van der Waals surface area contributed by atoms with Crippen LogP contribution in [0.2, 0.25) is 0 Å². The Balaban J connectivity index is 1.10. The highest BCUT2D eigenvalue weighted by molar-refractivity contribution is 7.13. The highest BCUT2D eigenvalue weighted by Gasteiger charge is 2.27. The second kappa shape index (κ2) is 13.3. The molecule has 9 heteroatoms. The van der Waals surface area contributed by atoms with Crippen molar-refractivity contribution in [2.45, 2.75) is 31.7 Å². The molecule has 8 nitrogen and oxygen atoms in total. The summed E-state index contributed by atoms with van der Waals surface area (Å²) in [5.74, 6) is 2.93. The van der Waals surface area contributed by atoms with E-state index in [4.69, 9.17) is 23.5 Å². The minimum atomic E-state index is 0.0304. The smallest absolute Gasteiger partial charge is 0.264 e. The summed E-state index contributed by atoms with van der Waals surface area (Å²) >= 11 is 1.57. The van der Waals surface area contributed by atoms with Gasteiger partial charge in [0, 0.05) is 30.5 Å². The topological polar surface area (TPSA) is 87.9 Å². The monoisotopic (exact) mass is 571 g/mol. The van der Waals surface area contributed by atoms with Crippen molar-refractivity contribution in [2.75, 3.05) is 33.4 Å². The predicted molar refractivity (Wildman–Crippen MR) is 159 cm³/mol. The van der Waals surface area contributed by atoms with Crippen molar-refractivity contribution in [1.82, 2.24) is 15.5 Å². The van der Waals surface area contributed by atoms with Crippen molar-refractivity contribution in [3.8, 4) is 22.2 Å². The van der Waals surface area contributed by atoms with Crippen LogP contribution in [0, 0.1) is 0 Å². The van der Waals surface area contributed by atoms with Gasteiger partial charge in [0.05, 0.1) is 24.2 Å². The molecule has 2 unspecified atom stereocenters. The van der Waals surface area contributed by atoms with Gasteiger partial charge in [0.2, 0.25) is 5.82 Å². The Hall–Kier alpha value is -3.76. The van der Waals surface area contributed by atoms with E-state index in [1.165, 1.54) is 5.56 Å². The molecule has 5 aromatic rings. The van der Waals surface area contributed by atoms with E-state index >= 15 is 0 Å². The number of piperidine rings is 1. The van der Waals surface area contributed by atoms with Gasteiger partial charge < -0.3 is 28.8 Å². The van der Waals surface area contributed by atoms with Gasteiger partial charge in [0.1, 0.15) is 18.1 Å². The van der Waals surface area contributed by atoms with Gasteiger partial charge in [0.25, 0.3) is 5.89 Å². The van der Waals surface area contributed by atoms with Crippen LogP contribution in [0.25, 0.3) is 21.5 Å². The van der Waals surface area contributed by atoms with Crippen LogP contribution in [-0.4, -0.2) is 49.7 Å². The van der Waals surface area contributed by atoms with Gasteiger partial charge in [-0.25, -0.2) is 0 Å². The van der Waals surface area contributed by atoms with Gasteiger partial charge in [-0.15, -0.1) is 11.3 Å². The average Bonchev–Trinajstić information content (AvgIpc) is 3.73. The fourth-order valence-corrected chi connectivity index (χ4v) is 5.81. The van der Waals surface area contributed by atoms with Crippen molar-refractivity contribution < 1.29 is 23.5 Å². The minimum Gasteiger partial charge on any atom is -0.490 e. The van der Waals surface area contributed by atoms with Crippen LogP contribution >= 0.6 is 11.3 Å². The van der Waals surface area contributed by atoms with Crippen molar-refractivity contribution in [3.63, 3.8) is 0 Å². The first-order valence-corrected chi connectivity index (χ1v) is 14.7. The molecule has 0 spiro atoms. The molecule has 1 N–H and O–H groups in total. The molecule has 41 heavy (non-hydrogen) atoms. The van der Waals surface area contributed by atoms with Crippen molar-refractivity contribution in [1.29, 1.82) is 0 Å². The van der Waals surface area contributed by atoms with E-state index in [0.29, 0.717) is 31.5 Å². The van der Waals surface area contributed by atoms with E-state index in [0.717, 1.165) is 52.2 Å². The van der Waals surface area contributed by atoms with E-state index in [1.54, 1.807) is 18.4 Å². The van der Waals surface area contributed by atoms with Gasteiger partial charge in [-0.1, -0.05) is 59.8 Å². The normalized spacial score (nSPS) is 17.1. The largest absolute Gasteiger partial charge is 0.490 e. The molecular weight excluding hydrogens is 538 g/mol. The Morgan fingerprint density at radius 1 is 0.951 bits per heavy atom. The third-order valence-electron chi connectivity index (χ3n) is 7.25. The molecule has 212 valence electrons. The maximum absolute atomic E-state index is 6.57. The molecule has 1 saturated heterocycles. The first-order valence-electron chi connectivity index (χ1n) is 13.8. The Bertz CT molecular complexity index is 1540. The Kier molecular flexibility index (Phi) is 8.87. The number of fused-ring (bicyclic) bond motifs is 1. The highest BCUT2D eigenvalue weighted by atomic mass is 32.1. The molecule has 3 aromatic carbocycles. The number of thiophene rings is 1. The molecule has 0 amide bonds. The van der Waals surface area contributed by atoms with Crippen LogP contribution in [0.15, 0.2) is 82.7 Å². The molecule has 0 radical (unpaired) electrons. The van der Waals surface area contributed by atoms with Crippen LogP contribution in [0.3, 0.4) is 0 Å². The molecule has 1 fully saturated rings. The first-order chi connectivity index (χ1) is 20.3. The Morgan fingerprint density at radius 3 is 2.71 bits per heavy atom. The zero-order valence-corrected chi connectivity index (χ0v) is 23.8. The lowest BCUT2D eigenvalue weighted by Gasteiger charge is -2.33. The summed E-state index contributed by atoms with van der Waals surface area (Å²) in [5, 5.41) is 11.8. The number of hydrogen-bond donors (Lipinski definition) is 1. The number of nitrogens with zero attached hydrogens (tertiary/aromatic N) is 2. The standard InChI is InChI=1S/C32H33N3O5S/c1-36-16-17-37-31-24(9-8-22-5-2-3-6-27(22)31)20-39-28-19-33-15-14-26(28)23-10-12-25(13-11-23)38-21-30-34-32(35-40-30)29-7-4-18-41-29/h2-13,18,26,28,33H,14-17,19-21H2,1H3. The molecule has 3 heterocycles. The number of rotatable bonds is 12. The van der Waals surface area contributed by atoms with E-state index in [2.05, 4.69) is 51.9 Å². The summed E-state index contributed by atoms with van der Waals surface area (Å²) in [7, 11) is 1.68. The highest BCUT2D eigenvalue weighted by Crippen LogP contribution is 2.34. The fraction of sp³-hybridized carbons (Fsp3) is 0.312. The Labute approximate surface area is 243 Å². The van der Waals surface area contributed by atoms with Crippen LogP contribution in [-0.2, 0) is 22.7 Å². The lowest BCUT2D eigenvalue weighted by Crippen LogP contribution is -2.41. The molecule has 1 aliphatic heterocycles. The number of benzene rings is 3. The van der Waals surface area contributed by atoms with Gasteiger partial charge in [-0.2, -0.15) is 4.98 Å². The molecule has 0 aliphatic carbocycles. The minimum absolute atomic E-state index is 0.0304. The molecule has 0 bridgehead atoms. The second-order valence-corrected chi connectivity index (χ2v) is 10.9. The second-order valence-electron chi connectivity index (χ2n) is 9.91. The summed E-state index contributed by atoms with van der Waals surface area (Å²) in [6.45, 7) is 3.45. The van der Waals surface area contributed by atoms with Gasteiger partial charge in [-0.3, -0.25) is 0 Å². The van der Waals surface area contributed by atoms with E-state index in [1.807, 2.05) is 41.8 Å². The quantitative estimate of drug-likeness (QED) is 0.177. The lowest BCUT2D eigenvalue weighted by molar-refractivity contribution is 0.00951. The zero-order valence-electron chi connectivity index (χ0n) is 23.0. The van der Waals surface area contributed by atoms with Crippen molar-refractivity contribution in [3.05, 3.63) is 95.2 Å². The van der Waals surface area contributed by atoms with E-state index in [-0.39, 0.29) is 18.6 Å². The molecule has 6 rings (SSSR count). The predicted octanol–water partition coefficient (Wildman–Crippen LogP) is 6.22. The maximum atomic E-state index is 6.57. The van der Waals surface area contributed by atoms with E-state index in [9.17, 15) is 0 Å². The number of hydrogen-bond acceptors (Lipinski definition) is 9. The summed E-state index contributed by atoms with van der Waals surface area (Å²) in [5.41, 5.74) is 2.27. The summed E-state index contributed by atoms with van der Waals surface area (Å²) in [4.78, 5) is 5.40. The average molecular weight is 572 g/mol. The summed E-state index contributed by atoms with van der Waals surface area (Å²) in [6, 6.07) is 24.7. The molecule has 0 saturated carbocycles. The number of methoxy groups -OCH3 is 1. The van der Waals surface area contributed by atoms with Crippen molar-refractivity contribution in [2.24, 2.45) is 0 Å². The van der Waals surface area contributed by atoms with E-state index < -0.39 is 0 Å². The SMILES string of the molecule is COCCOc1c(COC2CNCCC2c2ccc(OCc3nc(-c4cccs4)no3)cc2)ccc2ccccc12. The fourth-order valence-electron chi connectivity index (χ4n) is 5.16. The van der Waals surface area contributed by atoms with Crippen LogP contribution in [0.5, 0.6) is 11.5 Å². The number of nitrogens with one attached hydrogen (secondary N) is 1. The molecule has 2 aromatic heterocycles. The first kappa shape index (κ1) is 27.4. The molecular formula is C32H33N3O5S. The van der Waals surface area contributed by atoms with Gasteiger partial charge in [0.15, 0.2) is 6.61 Å². The van der Waals surface area contributed by atoms with Gasteiger partial charge in [-0.05, 0) is 47.5 Å². The van der Waals surface area contributed by atoms with Gasteiger partial charge >= 0.3 is 0 Å². The Morgan fingerprint density at radius 2 is 1.85 bits per heavy atom. The van der Waals surface area contributed by atoms with Crippen molar-refractivity contribution >= 4 is 22.1 Å². The van der Waals surface area contributed by atoms with Crippen LogP contribution < -0.4 is 14.8 Å². The molecule has 1 aliphatic rings. The van der Waals surface area contributed by atoms with Crippen LogP contribution in [0.1, 0.15) is 29.4 Å². The number of aromatic nitrogens is 2. The zero-order chi connectivity index (χ0) is 27.9. The third kappa shape index (κ3) is 6.60.